The van der Waals surface area contributed by atoms with E-state index in [2.05, 4.69) is 6.58 Å². The molecule has 1 N–H and O–H groups in total. The Kier molecular flexibility index (Phi) is 4.84. The lowest BCUT2D eigenvalue weighted by Gasteiger charge is -2.28. The first-order valence-corrected chi connectivity index (χ1v) is 8.93. The molecule has 0 aromatic rings. The number of hydrogen-bond donors (Lipinski definition) is 1. The molecule has 0 spiro atoms. The second-order valence-corrected chi connectivity index (χ2v) is 7.73. The van der Waals surface area contributed by atoms with E-state index >= 15 is 0 Å². The Hall–Kier alpha value is -1.92. The Balaban J connectivity index is 1.93. The highest BCUT2D eigenvalue weighted by Gasteiger charge is 2.58. The molecular weight excluding hydrogens is 336 g/mol. The smallest absolute Gasteiger partial charge is 0.341 e. The highest BCUT2D eigenvalue weighted by atomic mass is 16.7. The highest BCUT2D eigenvalue weighted by Crippen LogP contribution is 2.40. The first-order chi connectivity index (χ1) is 12.1. The predicted octanol–water partition coefficient (Wildman–Crippen LogP) is 2.22. The maximum absolute atomic E-state index is 12.6. The number of hydrogen-bond acceptors (Lipinski definition) is 6. The predicted molar refractivity (Wildman–Crippen MR) is 94.1 cm³/mol. The molecular formula is C20H26O6. The molecule has 3 rings (SSSR count). The van der Waals surface area contributed by atoms with E-state index in [1.165, 1.54) is 0 Å². The molecule has 0 aromatic carbocycles. The maximum atomic E-state index is 12.6. The zero-order valence-corrected chi connectivity index (χ0v) is 15.7. The lowest BCUT2D eigenvalue weighted by atomic mass is 9.85. The number of epoxide rings is 1. The highest BCUT2D eigenvalue weighted by molar-refractivity contribution is 5.91. The lowest BCUT2D eigenvalue weighted by molar-refractivity contribution is -0.157. The summed E-state index contributed by atoms with van der Waals surface area (Å²) < 4.78 is 16.6. The number of rotatable bonds is 2. The van der Waals surface area contributed by atoms with Crippen LogP contribution in [0.25, 0.3) is 0 Å². The molecule has 2 aliphatic heterocycles. The summed E-state index contributed by atoms with van der Waals surface area (Å²) in [5.41, 5.74) is 1.14. The van der Waals surface area contributed by atoms with Gasteiger partial charge in [-0.15, -0.1) is 0 Å². The summed E-state index contributed by atoms with van der Waals surface area (Å²) in [6.45, 7) is 11.1. The summed E-state index contributed by atoms with van der Waals surface area (Å²) in [7, 11) is 0. The van der Waals surface area contributed by atoms with Crippen LogP contribution in [-0.2, 0) is 23.8 Å². The number of carbonyl (C=O) groups excluding carboxylic acids is 2. The number of aliphatic hydroxyl groups is 1. The Morgan fingerprint density at radius 1 is 1.31 bits per heavy atom. The van der Waals surface area contributed by atoms with Gasteiger partial charge in [-0.25, -0.2) is 9.59 Å². The molecule has 26 heavy (non-hydrogen) atoms. The molecule has 2 fully saturated rings. The summed E-state index contributed by atoms with van der Waals surface area (Å²) in [5, 5.41) is 10.2. The van der Waals surface area contributed by atoms with E-state index in [9.17, 15) is 14.7 Å². The molecule has 2 saturated heterocycles. The van der Waals surface area contributed by atoms with Crippen LogP contribution < -0.4 is 0 Å². The van der Waals surface area contributed by atoms with Crippen LogP contribution in [0.5, 0.6) is 0 Å². The average molecular weight is 362 g/mol. The Morgan fingerprint density at radius 3 is 2.54 bits per heavy atom. The number of aliphatic hydroxyl groups excluding tert-OH is 1. The van der Waals surface area contributed by atoms with E-state index in [0.29, 0.717) is 18.4 Å². The second-order valence-electron chi connectivity index (χ2n) is 7.73. The van der Waals surface area contributed by atoms with Crippen molar-refractivity contribution in [3.63, 3.8) is 0 Å². The largest absolute Gasteiger partial charge is 0.459 e. The monoisotopic (exact) mass is 362 g/mol. The van der Waals surface area contributed by atoms with Gasteiger partial charge in [-0.3, -0.25) is 0 Å². The number of fused-ring (bicyclic) bond motifs is 1. The average Bonchev–Trinajstić information content (AvgIpc) is 3.04. The molecule has 142 valence electrons. The van der Waals surface area contributed by atoms with Crippen LogP contribution in [0.4, 0.5) is 0 Å². The third-order valence-corrected chi connectivity index (χ3v) is 5.45. The normalized spacial score (nSPS) is 44.1. The summed E-state index contributed by atoms with van der Waals surface area (Å²) in [5.74, 6) is -1.39. The molecule has 2 heterocycles. The van der Waals surface area contributed by atoms with Crippen LogP contribution in [0, 0.1) is 5.92 Å². The fraction of sp³-hybridized carbons (Fsp3) is 0.600. The molecule has 0 unspecified atom stereocenters. The molecule has 6 atom stereocenters. The van der Waals surface area contributed by atoms with Crippen molar-refractivity contribution < 1.29 is 28.9 Å². The Bertz CT molecular complexity index is 705. The molecule has 0 bridgehead atoms. The van der Waals surface area contributed by atoms with Gasteiger partial charge >= 0.3 is 11.9 Å². The molecule has 0 saturated carbocycles. The van der Waals surface area contributed by atoms with Crippen molar-refractivity contribution in [3.8, 4) is 0 Å². The summed E-state index contributed by atoms with van der Waals surface area (Å²) in [4.78, 5) is 24.7. The minimum absolute atomic E-state index is 0.199. The Morgan fingerprint density at radius 2 is 1.92 bits per heavy atom. The van der Waals surface area contributed by atoms with Gasteiger partial charge in [0.1, 0.15) is 12.2 Å². The van der Waals surface area contributed by atoms with Crippen molar-refractivity contribution in [3.05, 3.63) is 35.5 Å². The van der Waals surface area contributed by atoms with E-state index in [0.717, 1.165) is 11.1 Å². The summed E-state index contributed by atoms with van der Waals surface area (Å²) in [6.07, 6.45) is 2.41. The van der Waals surface area contributed by atoms with Crippen molar-refractivity contribution in [1.82, 2.24) is 0 Å². The van der Waals surface area contributed by atoms with Gasteiger partial charge < -0.3 is 19.3 Å². The maximum Gasteiger partial charge on any atom is 0.341 e. The third-order valence-electron chi connectivity index (χ3n) is 5.45. The summed E-state index contributed by atoms with van der Waals surface area (Å²) >= 11 is 0. The van der Waals surface area contributed by atoms with Crippen molar-refractivity contribution in [2.45, 2.75) is 70.6 Å². The van der Waals surface area contributed by atoms with E-state index in [1.807, 2.05) is 26.8 Å². The SMILES string of the molecule is C=C1C(=O)O[C@@H]2/C=C(\C)C[C@@H](O)/C=C(\C)C[C@@H](OC(=O)[C@@]3(C)O[C@H]3C)[C@@H]12. The van der Waals surface area contributed by atoms with Crippen LogP contribution in [0.1, 0.15) is 40.5 Å². The van der Waals surface area contributed by atoms with E-state index in [4.69, 9.17) is 14.2 Å². The van der Waals surface area contributed by atoms with Crippen molar-refractivity contribution in [2.24, 2.45) is 5.92 Å². The van der Waals surface area contributed by atoms with Gasteiger partial charge in [0.05, 0.1) is 18.1 Å². The summed E-state index contributed by atoms with van der Waals surface area (Å²) in [6, 6.07) is 0. The zero-order chi connectivity index (χ0) is 19.2. The van der Waals surface area contributed by atoms with Crippen LogP contribution in [0.2, 0.25) is 0 Å². The van der Waals surface area contributed by atoms with Crippen LogP contribution in [0.15, 0.2) is 35.5 Å². The Labute approximate surface area is 153 Å². The molecule has 6 nitrogen and oxygen atoms in total. The van der Waals surface area contributed by atoms with Gasteiger partial charge in [0, 0.05) is 12.0 Å². The fourth-order valence-corrected chi connectivity index (χ4v) is 3.68. The molecule has 0 aromatic heterocycles. The molecule has 0 radical (unpaired) electrons. The van der Waals surface area contributed by atoms with E-state index in [1.54, 1.807) is 13.0 Å². The van der Waals surface area contributed by atoms with Crippen molar-refractivity contribution in [2.75, 3.05) is 0 Å². The lowest BCUT2D eigenvalue weighted by Crippen LogP contribution is -2.37. The molecule has 3 aliphatic rings. The van der Waals surface area contributed by atoms with E-state index < -0.39 is 41.8 Å². The van der Waals surface area contributed by atoms with Crippen LogP contribution >= 0.6 is 0 Å². The molecule has 6 heteroatoms. The number of ether oxygens (including phenoxy) is 3. The third kappa shape index (κ3) is 3.48. The van der Waals surface area contributed by atoms with Crippen molar-refractivity contribution in [1.29, 1.82) is 0 Å². The van der Waals surface area contributed by atoms with E-state index in [-0.39, 0.29) is 6.10 Å². The fourth-order valence-electron chi connectivity index (χ4n) is 3.68. The minimum atomic E-state index is -0.946. The van der Waals surface area contributed by atoms with Gasteiger partial charge in [-0.05, 0) is 40.2 Å². The van der Waals surface area contributed by atoms with Gasteiger partial charge in [-0.2, -0.15) is 0 Å². The standard InChI is InChI=1S/C20H26O6/c1-10-6-14(21)7-11(2)9-16(25-19(23)20(5)13(4)26-20)17-12(3)18(22)24-15(17)8-10/h7-8,13-17,21H,3,6,9H2,1-2,4-5H3/b10-8+,11-7+/t13-,14+,15+,16+,17-,20-/m0/s1. The molecule has 1 aliphatic carbocycles. The quantitative estimate of drug-likeness (QED) is 0.351. The van der Waals surface area contributed by atoms with Crippen molar-refractivity contribution >= 4 is 11.9 Å². The van der Waals surface area contributed by atoms with Gasteiger partial charge in [0.15, 0.2) is 5.60 Å². The topological polar surface area (TPSA) is 85.4 Å². The van der Waals surface area contributed by atoms with Crippen LogP contribution in [-0.4, -0.2) is 47.1 Å². The minimum Gasteiger partial charge on any atom is -0.459 e. The first-order valence-electron chi connectivity index (χ1n) is 8.93. The number of carbonyl (C=O) groups is 2. The number of esters is 2. The molecule has 0 amide bonds. The van der Waals surface area contributed by atoms with Gasteiger partial charge in [0.25, 0.3) is 0 Å². The van der Waals surface area contributed by atoms with Gasteiger partial charge in [-0.1, -0.05) is 23.8 Å². The zero-order valence-electron chi connectivity index (χ0n) is 15.7. The van der Waals surface area contributed by atoms with Crippen LogP contribution in [0.3, 0.4) is 0 Å². The van der Waals surface area contributed by atoms with Gasteiger partial charge in [0.2, 0.25) is 0 Å². The second kappa shape index (κ2) is 6.67. The first kappa shape index (κ1) is 18.9.